The summed E-state index contributed by atoms with van der Waals surface area (Å²) in [4.78, 5) is 29.6. The van der Waals surface area contributed by atoms with E-state index in [1.165, 1.54) is 50.5 Å². The number of hydrogen-bond acceptors (Lipinski definition) is 7. The van der Waals surface area contributed by atoms with E-state index in [4.69, 9.17) is 14.2 Å². The number of methoxy groups -OCH3 is 3. The van der Waals surface area contributed by atoms with Crippen molar-refractivity contribution in [2.24, 2.45) is 0 Å². The Morgan fingerprint density at radius 3 is 2.12 bits per heavy atom. The van der Waals surface area contributed by atoms with Crippen molar-refractivity contribution in [3.8, 4) is 17.2 Å². The summed E-state index contributed by atoms with van der Waals surface area (Å²) in [5.41, 5.74) is 0.642. The number of nitrogens with zero attached hydrogens (tertiary/aromatic N) is 2. The second kappa shape index (κ2) is 10.6. The predicted molar refractivity (Wildman–Crippen MR) is 125 cm³/mol. The Morgan fingerprint density at radius 2 is 1.62 bits per heavy atom. The molecule has 0 spiro atoms. The monoisotopic (exact) mass is 472 g/mol. The molecule has 2 aromatic rings. The van der Waals surface area contributed by atoms with Gasteiger partial charge in [-0.2, -0.15) is 0 Å². The van der Waals surface area contributed by atoms with Crippen LogP contribution in [0.25, 0.3) is 5.76 Å². The highest BCUT2D eigenvalue weighted by Crippen LogP contribution is 2.45. The molecule has 0 bridgehead atoms. The normalized spacial score (nSPS) is 17.4. The SMILES string of the molecule is COc1cc([C@@H]2C(=C(O)c3ccc(F)cc3)C(=O)C(=O)N2CCCN(C)C)cc(OC)c1OC. The van der Waals surface area contributed by atoms with Crippen LogP contribution in [0.1, 0.15) is 23.6 Å². The molecule has 1 saturated heterocycles. The van der Waals surface area contributed by atoms with Crippen LogP contribution < -0.4 is 14.2 Å². The maximum Gasteiger partial charge on any atom is 0.295 e. The molecule has 2 aromatic carbocycles. The maximum atomic E-state index is 13.4. The van der Waals surface area contributed by atoms with Crippen LogP contribution in [-0.4, -0.2) is 75.1 Å². The van der Waals surface area contributed by atoms with Gasteiger partial charge in [0.05, 0.1) is 32.9 Å². The lowest BCUT2D eigenvalue weighted by Crippen LogP contribution is -2.32. The van der Waals surface area contributed by atoms with Crippen molar-refractivity contribution >= 4 is 17.4 Å². The molecule has 34 heavy (non-hydrogen) atoms. The van der Waals surface area contributed by atoms with E-state index in [0.29, 0.717) is 35.8 Å². The van der Waals surface area contributed by atoms with E-state index in [1.807, 2.05) is 19.0 Å². The highest BCUT2D eigenvalue weighted by Gasteiger charge is 2.46. The highest BCUT2D eigenvalue weighted by atomic mass is 19.1. The Kier molecular flexibility index (Phi) is 7.78. The number of halogens is 1. The third-order valence-electron chi connectivity index (χ3n) is 5.66. The molecule has 0 aliphatic carbocycles. The lowest BCUT2D eigenvalue weighted by molar-refractivity contribution is -0.139. The second-order valence-corrected chi connectivity index (χ2v) is 8.11. The summed E-state index contributed by atoms with van der Waals surface area (Å²) < 4.78 is 29.7. The van der Waals surface area contributed by atoms with Crippen LogP contribution in [0.4, 0.5) is 4.39 Å². The van der Waals surface area contributed by atoms with E-state index >= 15 is 0 Å². The van der Waals surface area contributed by atoms with Gasteiger partial charge >= 0.3 is 0 Å². The molecule has 0 saturated carbocycles. The Balaban J connectivity index is 2.21. The van der Waals surface area contributed by atoms with Gasteiger partial charge < -0.3 is 29.1 Å². The number of carbonyl (C=O) groups excluding carboxylic acids is 2. The van der Waals surface area contributed by atoms with E-state index in [1.54, 1.807) is 12.1 Å². The van der Waals surface area contributed by atoms with Crippen molar-refractivity contribution in [2.75, 3.05) is 48.5 Å². The van der Waals surface area contributed by atoms with Crippen LogP contribution in [0.5, 0.6) is 17.2 Å². The van der Waals surface area contributed by atoms with Crippen LogP contribution in [0.2, 0.25) is 0 Å². The molecule has 1 atom stereocenters. The minimum Gasteiger partial charge on any atom is -0.507 e. The van der Waals surface area contributed by atoms with E-state index < -0.39 is 23.5 Å². The first-order valence-corrected chi connectivity index (χ1v) is 10.7. The minimum absolute atomic E-state index is 0.0873. The van der Waals surface area contributed by atoms with Crippen molar-refractivity contribution in [3.63, 3.8) is 0 Å². The van der Waals surface area contributed by atoms with Gasteiger partial charge in [0.2, 0.25) is 5.75 Å². The number of amides is 1. The summed E-state index contributed by atoms with van der Waals surface area (Å²) >= 11 is 0. The number of carbonyl (C=O) groups is 2. The van der Waals surface area contributed by atoms with Crippen molar-refractivity contribution in [3.05, 3.63) is 58.9 Å². The fraction of sp³-hybridized carbons (Fsp3) is 0.360. The number of Topliss-reactive ketones (excluding diaryl/α,β-unsaturated/α-hetero) is 1. The number of benzene rings is 2. The third-order valence-corrected chi connectivity index (χ3v) is 5.66. The second-order valence-electron chi connectivity index (χ2n) is 8.11. The lowest BCUT2D eigenvalue weighted by Gasteiger charge is -2.27. The van der Waals surface area contributed by atoms with Gasteiger partial charge in [-0.25, -0.2) is 4.39 Å². The third kappa shape index (κ3) is 4.84. The van der Waals surface area contributed by atoms with Gasteiger partial charge in [-0.3, -0.25) is 9.59 Å². The molecule has 9 heteroatoms. The largest absolute Gasteiger partial charge is 0.507 e. The molecular weight excluding hydrogens is 443 g/mol. The molecular formula is C25H29FN2O6. The molecule has 0 aromatic heterocycles. The first-order chi connectivity index (χ1) is 16.2. The van der Waals surface area contributed by atoms with Gasteiger partial charge in [0, 0.05) is 12.1 Å². The minimum atomic E-state index is -0.902. The van der Waals surface area contributed by atoms with Crippen molar-refractivity contribution in [2.45, 2.75) is 12.5 Å². The van der Waals surface area contributed by atoms with Crippen molar-refractivity contribution in [1.82, 2.24) is 9.80 Å². The van der Waals surface area contributed by atoms with E-state index in [2.05, 4.69) is 0 Å². The van der Waals surface area contributed by atoms with E-state index in [9.17, 15) is 19.1 Å². The first-order valence-electron chi connectivity index (χ1n) is 10.7. The Labute approximate surface area is 198 Å². The smallest absolute Gasteiger partial charge is 0.295 e. The molecule has 1 heterocycles. The highest BCUT2D eigenvalue weighted by molar-refractivity contribution is 6.46. The topological polar surface area (TPSA) is 88.5 Å². The van der Waals surface area contributed by atoms with Crippen molar-refractivity contribution < 1.29 is 33.3 Å². The molecule has 1 aliphatic heterocycles. The Bertz CT molecular complexity index is 1070. The number of ketones is 1. The van der Waals surface area contributed by atoms with Gasteiger partial charge in [-0.15, -0.1) is 0 Å². The molecule has 182 valence electrons. The Morgan fingerprint density at radius 1 is 1.03 bits per heavy atom. The van der Waals surface area contributed by atoms with Crippen LogP contribution >= 0.6 is 0 Å². The average Bonchev–Trinajstić information content (AvgIpc) is 3.07. The van der Waals surface area contributed by atoms with Crippen molar-refractivity contribution in [1.29, 1.82) is 0 Å². The fourth-order valence-electron chi connectivity index (χ4n) is 4.04. The quantitative estimate of drug-likeness (QED) is 0.341. The Hall–Kier alpha value is -3.59. The van der Waals surface area contributed by atoms with Crippen LogP contribution in [0.3, 0.4) is 0 Å². The molecule has 1 N–H and O–H groups in total. The van der Waals surface area contributed by atoms with Gasteiger partial charge in [0.1, 0.15) is 11.6 Å². The number of rotatable bonds is 9. The average molecular weight is 473 g/mol. The number of hydrogen-bond donors (Lipinski definition) is 1. The van der Waals surface area contributed by atoms with Gasteiger partial charge in [-0.1, -0.05) is 0 Å². The summed E-state index contributed by atoms with van der Waals surface area (Å²) in [6.07, 6.45) is 0.609. The summed E-state index contributed by atoms with van der Waals surface area (Å²) in [7, 11) is 8.24. The zero-order valence-electron chi connectivity index (χ0n) is 19.9. The van der Waals surface area contributed by atoms with E-state index in [-0.39, 0.29) is 23.4 Å². The number of likely N-dealkylation sites (tertiary alicyclic amines) is 1. The lowest BCUT2D eigenvalue weighted by atomic mass is 9.94. The fourth-order valence-corrected chi connectivity index (χ4v) is 4.04. The molecule has 1 aliphatic rings. The maximum absolute atomic E-state index is 13.4. The first kappa shape index (κ1) is 25.0. The predicted octanol–water partition coefficient (Wildman–Crippen LogP) is 3.22. The molecule has 1 amide bonds. The summed E-state index contributed by atoms with van der Waals surface area (Å²) in [6.45, 7) is 0.979. The van der Waals surface area contributed by atoms with Gasteiger partial charge in [0.15, 0.2) is 11.5 Å². The molecule has 0 unspecified atom stereocenters. The number of aliphatic hydroxyl groups is 1. The zero-order chi connectivity index (χ0) is 25.0. The zero-order valence-corrected chi connectivity index (χ0v) is 19.9. The van der Waals surface area contributed by atoms with E-state index in [0.717, 1.165) is 0 Å². The summed E-state index contributed by atoms with van der Waals surface area (Å²) in [6, 6.07) is 7.46. The number of ether oxygens (including phenoxy) is 3. The molecule has 3 rings (SSSR count). The molecule has 1 fully saturated rings. The standard InChI is InChI=1S/C25H29FN2O6/c1-27(2)11-6-12-28-21(16-13-18(32-3)24(34-5)19(14-16)33-4)20(23(30)25(28)31)22(29)15-7-9-17(26)10-8-15/h7-10,13-14,21,29H,6,11-12H2,1-5H3/t21-/m1/s1. The van der Waals surface area contributed by atoms with Crippen LogP contribution in [0, 0.1) is 5.82 Å². The van der Waals surface area contributed by atoms with Crippen LogP contribution in [-0.2, 0) is 9.59 Å². The number of aliphatic hydroxyl groups excluding tert-OH is 1. The summed E-state index contributed by atoms with van der Waals surface area (Å²) in [5, 5.41) is 11.1. The summed E-state index contributed by atoms with van der Waals surface area (Å²) in [5.74, 6) is -1.35. The molecule has 8 nitrogen and oxygen atoms in total. The van der Waals surface area contributed by atoms with Gasteiger partial charge in [-0.05, 0) is 69.0 Å². The molecule has 0 radical (unpaired) electrons. The van der Waals surface area contributed by atoms with Crippen LogP contribution in [0.15, 0.2) is 42.0 Å². The van der Waals surface area contributed by atoms with Gasteiger partial charge in [0.25, 0.3) is 11.7 Å².